The molecule has 0 atom stereocenters. The maximum atomic E-state index is 12.0. The van der Waals surface area contributed by atoms with E-state index in [2.05, 4.69) is 15.9 Å². The Bertz CT molecular complexity index is 646. The van der Waals surface area contributed by atoms with Gasteiger partial charge < -0.3 is 0 Å². The van der Waals surface area contributed by atoms with Crippen molar-refractivity contribution in [3.05, 3.63) is 43.3 Å². The lowest BCUT2D eigenvalue weighted by Gasteiger charge is -2.09. The molecule has 0 unspecified atom stereocenters. The molecule has 0 saturated carbocycles. The summed E-state index contributed by atoms with van der Waals surface area (Å²) >= 11 is 9.44. The van der Waals surface area contributed by atoms with Gasteiger partial charge in [0, 0.05) is 12.6 Å². The summed E-state index contributed by atoms with van der Waals surface area (Å²) in [7, 11) is 0. The van der Waals surface area contributed by atoms with Gasteiger partial charge >= 0.3 is 0 Å². The second kappa shape index (κ2) is 6.02. The van der Waals surface area contributed by atoms with Gasteiger partial charge in [-0.25, -0.2) is 0 Å². The third-order valence-corrected chi connectivity index (χ3v) is 4.70. The molecular weight excluding hydrogens is 364 g/mol. The molecule has 8 heteroatoms. The molecule has 1 saturated heterocycles. The van der Waals surface area contributed by atoms with Crippen molar-refractivity contribution in [1.29, 1.82) is 0 Å². The van der Waals surface area contributed by atoms with E-state index in [9.17, 15) is 14.9 Å². The van der Waals surface area contributed by atoms with E-state index in [1.54, 1.807) is 18.2 Å². The number of nitro groups is 1. The summed E-state index contributed by atoms with van der Waals surface area (Å²) in [6, 6.07) is 4.71. The minimum absolute atomic E-state index is 0.0373. The molecule has 0 spiro atoms. The summed E-state index contributed by atoms with van der Waals surface area (Å²) in [4.78, 5) is 24.4. The Hall–Kier alpha value is -1.25. The SMILES string of the molecule is CCN1C(=O)C(=Cc2ccc(Br)c([N+](=O)[O-])c2)SC1=S. The highest BCUT2D eigenvalue weighted by Crippen LogP contribution is 2.33. The van der Waals surface area contributed by atoms with Gasteiger partial charge in [0.25, 0.3) is 11.6 Å². The fourth-order valence-electron chi connectivity index (χ4n) is 1.68. The van der Waals surface area contributed by atoms with Gasteiger partial charge in [-0.2, -0.15) is 0 Å². The number of thiocarbonyl (C=S) groups is 1. The molecule has 1 amide bonds. The van der Waals surface area contributed by atoms with Crippen LogP contribution in [0.3, 0.4) is 0 Å². The number of likely N-dealkylation sites (N-methyl/N-ethyl adjacent to an activating group) is 1. The summed E-state index contributed by atoms with van der Waals surface area (Å²) in [5.74, 6) is -0.159. The smallest absolute Gasteiger partial charge is 0.284 e. The quantitative estimate of drug-likeness (QED) is 0.351. The zero-order chi connectivity index (χ0) is 14.9. The first-order chi connectivity index (χ1) is 9.43. The van der Waals surface area contributed by atoms with Gasteiger partial charge in [0.1, 0.15) is 4.32 Å². The van der Waals surface area contributed by atoms with E-state index >= 15 is 0 Å². The molecule has 0 bridgehead atoms. The predicted molar refractivity (Wildman–Crippen MR) is 86.3 cm³/mol. The molecule has 104 valence electrons. The summed E-state index contributed by atoms with van der Waals surface area (Å²) < 4.78 is 0.913. The molecule has 2 rings (SSSR count). The van der Waals surface area contributed by atoms with Crippen molar-refractivity contribution in [3.8, 4) is 0 Å². The third-order valence-electron chi connectivity index (χ3n) is 2.65. The van der Waals surface area contributed by atoms with Crippen molar-refractivity contribution in [2.75, 3.05) is 6.54 Å². The van der Waals surface area contributed by atoms with Crippen molar-refractivity contribution < 1.29 is 9.72 Å². The Morgan fingerprint density at radius 1 is 1.55 bits per heavy atom. The number of amides is 1. The van der Waals surface area contributed by atoms with E-state index in [0.29, 0.717) is 25.8 Å². The first-order valence-electron chi connectivity index (χ1n) is 5.63. The molecule has 0 N–H and O–H groups in total. The molecule has 20 heavy (non-hydrogen) atoms. The molecule has 1 aromatic rings. The number of carbonyl (C=O) groups excluding carboxylic acids is 1. The number of carbonyl (C=O) groups is 1. The van der Waals surface area contributed by atoms with Gasteiger partial charge in [-0.05, 0) is 40.6 Å². The maximum absolute atomic E-state index is 12.0. The standard InChI is InChI=1S/C12H9BrN2O3S2/c1-2-14-11(16)10(20-12(14)19)6-7-3-4-8(13)9(5-7)15(17)18/h3-6H,2H2,1H3. The van der Waals surface area contributed by atoms with Crippen molar-refractivity contribution >= 4 is 61.9 Å². The van der Waals surface area contributed by atoms with E-state index in [-0.39, 0.29) is 11.6 Å². The number of benzene rings is 1. The molecule has 0 aromatic heterocycles. The summed E-state index contributed by atoms with van der Waals surface area (Å²) in [6.45, 7) is 2.36. The molecule has 1 aromatic carbocycles. The molecule has 1 aliphatic rings. The Morgan fingerprint density at radius 2 is 2.25 bits per heavy atom. The van der Waals surface area contributed by atoms with Crippen LogP contribution in [0.2, 0.25) is 0 Å². The van der Waals surface area contributed by atoms with E-state index < -0.39 is 4.92 Å². The van der Waals surface area contributed by atoms with Crippen molar-refractivity contribution in [2.24, 2.45) is 0 Å². The lowest BCUT2D eigenvalue weighted by atomic mass is 10.2. The zero-order valence-electron chi connectivity index (χ0n) is 10.3. The van der Waals surface area contributed by atoms with Gasteiger partial charge in [0.15, 0.2) is 0 Å². The van der Waals surface area contributed by atoms with E-state index in [1.165, 1.54) is 22.7 Å². The zero-order valence-corrected chi connectivity index (χ0v) is 13.5. The van der Waals surface area contributed by atoms with Crippen LogP contribution in [-0.2, 0) is 4.79 Å². The Kier molecular flexibility index (Phi) is 4.56. The van der Waals surface area contributed by atoms with Crippen molar-refractivity contribution in [2.45, 2.75) is 6.92 Å². The van der Waals surface area contributed by atoms with Crippen LogP contribution in [0, 0.1) is 10.1 Å². The fourth-order valence-corrected chi connectivity index (χ4v) is 3.46. The number of nitro benzene ring substituents is 1. The van der Waals surface area contributed by atoms with Crippen LogP contribution in [0.4, 0.5) is 5.69 Å². The fraction of sp³-hybridized carbons (Fsp3) is 0.167. The number of rotatable bonds is 3. The Morgan fingerprint density at radius 3 is 2.80 bits per heavy atom. The van der Waals surface area contributed by atoms with Crippen LogP contribution in [0.1, 0.15) is 12.5 Å². The van der Waals surface area contributed by atoms with Crippen LogP contribution in [-0.4, -0.2) is 26.6 Å². The third kappa shape index (κ3) is 2.92. The first kappa shape index (κ1) is 15.1. The van der Waals surface area contributed by atoms with Gasteiger partial charge in [-0.1, -0.05) is 30.0 Å². The predicted octanol–water partition coefficient (Wildman–Crippen LogP) is 3.58. The molecule has 5 nitrogen and oxygen atoms in total. The van der Waals surface area contributed by atoms with Gasteiger partial charge in [-0.3, -0.25) is 19.8 Å². The molecule has 1 aliphatic heterocycles. The van der Waals surface area contributed by atoms with Crippen molar-refractivity contribution in [3.63, 3.8) is 0 Å². The number of thioether (sulfide) groups is 1. The van der Waals surface area contributed by atoms with Crippen LogP contribution < -0.4 is 0 Å². The van der Waals surface area contributed by atoms with Crippen LogP contribution in [0.15, 0.2) is 27.6 Å². The van der Waals surface area contributed by atoms with Crippen molar-refractivity contribution in [1.82, 2.24) is 4.90 Å². The summed E-state index contributed by atoms with van der Waals surface area (Å²) in [6.07, 6.45) is 1.62. The lowest BCUT2D eigenvalue weighted by molar-refractivity contribution is -0.385. The molecular formula is C12H9BrN2O3S2. The summed E-state index contributed by atoms with van der Waals surface area (Å²) in [5, 5.41) is 10.9. The molecule has 0 aliphatic carbocycles. The Labute approximate surface area is 133 Å². The number of nitrogens with zero attached hydrogens (tertiary/aromatic N) is 2. The normalized spacial score (nSPS) is 17.1. The summed E-state index contributed by atoms with van der Waals surface area (Å²) in [5.41, 5.74) is 0.557. The second-order valence-corrected chi connectivity index (χ2v) is 6.42. The minimum atomic E-state index is -0.474. The van der Waals surface area contributed by atoms with Crippen LogP contribution in [0.25, 0.3) is 6.08 Å². The van der Waals surface area contributed by atoms with Gasteiger partial charge in [-0.15, -0.1) is 0 Å². The topological polar surface area (TPSA) is 63.5 Å². The number of hydrogen-bond donors (Lipinski definition) is 0. The van der Waals surface area contributed by atoms with Crippen LogP contribution >= 0.6 is 39.9 Å². The maximum Gasteiger partial charge on any atom is 0.284 e. The number of halogens is 1. The van der Waals surface area contributed by atoms with Gasteiger partial charge in [0.2, 0.25) is 0 Å². The van der Waals surface area contributed by atoms with E-state index in [1.807, 2.05) is 6.92 Å². The largest absolute Gasteiger partial charge is 0.293 e. The van der Waals surface area contributed by atoms with Gasteiger partial charge in [0.05, 0.1) is 14.3 Å². The van der Waals surface area contributed by atoms with E-state index in [0.717, 1.165) is 0 Å². The highest BCUT2D eigenvalue weighted by Gasteiger charge is 2.30. The number of hydrogen-bond acceptors (Lipinski definition) is 5. The monoisotopic (exact) mass is 372 g/mol. The molecule has 0 radical (unpaired) electrons. The Balaban J connectivity index is 2.37. The van der Waals surface area contributed by atoms with Crippen LogP contribution in [0.5, 0.6) is 0 Å². The molecule has 1 heterocycles. The first-order valence-corrected chi connectivity index (χ1v) is 7.65. The highest BCUT2D eigenvalue weighted by atomic mass is 79.9. The second-order valence-electron chi connectivity index (χ2n) is 3.89. The van der Waals surface area contributed by atoms with E-state index in [4.69, 9.17) is 12.2 Å². The molecule has 1 fully saturated rings. The average Bonchev–Trinajstić information content (AvgIpc) is 2.66. The average molecular weight is 373 g/mol. The lowest BCUT2D eigenvalue weighted by Crippen LogP contribution is -2.27. The highest BCUT2D eigenvalue weighted by molar-refractivity contribution is 9.10. The minimum Gasteiger partial charge on any atom is -0.293 e.